The van der Waals surface area contributed by atoms with Crippen molar-refractivity contribution in [2.24, 2.45) is 10.7 Å². The van der Waals surface area contributed by atoms with Crippen molar-refractivity contribution in [3.05, 3.63) is 94.2 Å². The molecule has 2 N–H and O–H groups in total. The summed E-state index contributed by atoms with van der Waals surface area (Å²) in [5.41, 5.74) is 8.63. The molecule has 3 aromatic rings. The lowest BCUT2D eigenvalue weighted by Gasteiger charge is -2.04. The summed E-state index contributed by atoms with van der Waals surface area (Å²) in [5.74, 6) is -0.256. The van der Waals surface area contributed by atoms with E-state index in [0.717, 1.165) is 10.6 Å². The minimum absolute atomic E-state index is 0.256. The Morgan fingerprint density at radius 2 is 1.96 bits per heavy atom. The first-order valence-electron chi connectivity index (χ1n) is 7.44. The van der Waals surface area contributed by atoms with E-state index in [4.69, 9.17) is 5.73 Å². The molecule has 0 radical (unpaired) electrons. The van der Waals surface area contributed by atoms with E-state index in [1.807, 2.05) is 35.7 Å². The maximum Gasteiger partial charge on any atom is 0.128 e. The Morgan fingerprint density at radius 1 is 1.12 bits per heavy atom. The fraction of sp³-hybridized carbons (Fsp3) is 0.0526. The van der Waals surface area contributed by atoms with Gasteiger partial charge in [0.1, 0.15) is 5.82 Å². The van der Waals surface area contributed by atoms with E-state index >= 15 is 0 Å². The number of hydrogen-bond donors (Lipinski definition) is 1. The van der Waals surface area contributed by atoms with Crippen LogP contribution in [0.4, 0.5) is 4.39 Å². The number of halogens is 1. The molecule has 0 aliphatic carbocycles. The van der Waals surface area contributed by atoms with Crippen molar-refractivity contribution in [1.82, 2.24) is 4.98 Å². The smallest absolute Gasteiger partial charge is 0.128 e. The highest BCUT2D eigenvalue weighted by Crippen LogP contribution is 2.16. The van der Waals surface area contributed by atoms with Gasteiger partial charge in [-0.05, 0) is 35.7 Å². The Morgan fingerprint density at radius 3 is 2.67 bits per heavy atom. The van der Waals surface area contributed by atoms with Crippen LogP contribution in [-0.4, -0.2) is 10.7 Å². The third-order valence-electron chi connectivity index (χ3n) is 3.40. The molecular formula is C19H16FN3S. The fourth-order valence-electron chi connectivity index (χ4n) is 2.17. The fourth-order valence-corrected chi connectivity index (χ4v) is 2.88. The number of nitrogens with zero attached hydrogens (tertiary/aromatic N) is 2. The average Bonchev–Trinajstić information content (AvgIpc) is 3.15. The van der Waals surface area contributed by atoms with Gasteiger partial charge in [-0.2, -0.15) is 0 Å². The molecule has 0 saturated carbocycles. The van der Waals surface area contributed by atoms with Crippen molar-refractivity contribution < 1.29 is 4.39 Å². The zero-order chi connectivity index (χ0) is 16.8. The van der Waals surface area contributed by atoms with Gasteiger partial charge in [-0.25, -0.2) is 4.39 Å². The van der Waals surface area contributed by atoms with E-state index in [1.165, 1.54) is 6.07 Å². The number of nitrogens with two attached hydrogens (primary N) is 1. The molecule has 0 aliphatic heterocycles. The van der Waals surface area contributed by atoms with Crippen molar-refractivity contribution in [2.75, 3.05) is 0 Å². The summed E-state index contributed by atoms with van der Waals surface area (Å²) in [6, 6.07) is 16.1. The molecule has 0 atom stereocenters. The van der Waals surface area contributed by atoms with Crippen molar-refractivity contribution >= 4 is 22.7 Å². The Labute approximate surface area is 144 Å². The highest BCUT2D eigenvalue weighted by Gasteiger charge is 2.06. The molecule has 0 aliphatic rings. The highest BCUT2D eigenvalue weighted by molar-refractivity contribution is 7.12. The predicted molar refractivity (Wildman–Crippen MR) is 97.4 cm³/mol. The van der Waals surface area contributed by atoms with Crippen LogP contribution in [0.2, 0.25) is 0 Å². The van der Waals surface area contributed by atoms with E-state index in [2.05, 4.69) is 9.98 Å². The molecule has 1 aromatic carbocycles. The maximum atomic E-state index is 13.8. The van der Waals surface area contributed by atoms with Crippen LogP contribution in [0.15, 0.2) is 77.2 Å². The zero-order valence-corrected chi connectivity index (χ0v) is 13.7. The molecule has 3 nitrogen and oxygen atoms in total. The van der Waals surface area contributed by atoms with Gasteiger partial charge >= 0.3 is 0 Å². The molecule has 2 aromatic heterocycles. The first-order valence-corrected chi connectivity index (χ1v) is 8.32. The van der Waals surface area contributed by atoms with E-state index in [9.17, 15) is 4.39 Å². The monoisotopic (exact) mass is 337 g/mol. The minimum atomic E-state index is -0.256. The average molecular weight is 337 g/mol. The molecule has 0 bridgehead atoms. The van der Waals surface area contributed by atoms with Gasteiger partial charge in [-0.15, -0.1) is 11.3 Å². The summed E-state index contributed by atoms with van der Waals surface area (Å²) < 4.78 is 13.8. The summed E-state index contributed by atoms with van der Waals surface area (Å²) >= 11 is 1.56. The lowest BCUT2D eigenvalue weighted by Crippen LogP contribution is -2.04. The van der Waals surface area contributed by atoms with Crippen molar-refractivity contribution in [3.63, 3.8) is 0 Å². The molecule has 3 rings (SSSR count). The number of pyridine rings is 1. The second-order valence-electron chi connectivity index (χ2n) is 5.08. The van der Waals surface area contributed by atoms with Gasteiger partial charge in [0.2, 0.25) is 0 Å². The first kappa shape index (κ1) is 16.1. The molecular weight excluding hydrogens is 321 g/mol. The van der Waals surface area contributed by atoms with E-state index in [-0.39, 0.29) is 12.4 Å². The standard InChI is InChI=1S/C19H16FN3S/c20-15-7-2-1-6-14(15)13-23-18(19-9-5-11-24-19)12-16(21)17-8-3-4-10-22-17/h1-12H,13,21H2. The number of aromatic nitrogens is 1. The number of rotatable bonds is 5. The summed E-state index contributed by atoms with van der Waals surface area (Å²) in [7, 11) is 0. The Hall–Kier alpha value is -2.79. The van der Waals surface area contributed by atoms with Crippen LogP contribution >= 0.6 is 11.3 Å². The van der Waals surface area contributed by atoms with Crippen LogP contribution in [0.5, 0.6) is 0 Å². The van der Waals surface area contributed by atoms with Crippen LogP contribution in [-0.2, 0) is 6.54 Å². The topological polar surface area (TPSA) is 51.3 Å². The Kier molecular flexibility index (Phi) is 5.13. The molecule has 120 valence electrons. The van der Waals surface area contributed by atoms with Gasteiger partial charge < -0.3 is 5.73 Å². The van der Waals surface area contributed by atoms with Crippen LogP contribution in [0.3, 0.4) is 0 Å². The maximum absolute atomic E-state index is 13.8. The van der Waals surface area contributed by atoms with Gasteiger partial charge in [0, 0.05) is 11.8 Å². The summed E-state index contributed by atoms with van der Waals surface area (Å²) in [6.45, 7) is 0.256. The third-order valence-corrected chi connectivity index (χ3v) is 4.30. The van der Waals surface area contributed by atoms with Crippen LogP contribution in [0.25, 0.3) is 5.70 Å². The Balaban J connectivity index is 1.93. The highest BCUT2D eigenvalue weighted by atomic mass is 32.1. The van der Waals surface area contributed by atoms with Crippen molar-refractivity contribution in [1.29, 1.82) is 0 Å². The third kappa shape index (κ3) is 3.94. The summed E-state index contributed by atoms with van der Waals surface area (Å²) in [6.07, 6.45) is 3.48. The normalized spacial score (nSPS) is 12.4. The van der Waals surface area contributed by atoms with E-state index in [0.29, 0.717) is 17.0 Å². The van der Waals surface area contributed by atoms with Crippen LogP contribution in [0.1, 0.15) is 16.1 Å². The van der Waals surface area contributed by atoms with Crippen molar-refractivity contribution in [2.45, 2.75) is 6.54 Å². The number of benzene rings is 1. The SMILES string of the molecule is NC(=CC(=NCc1ccccc1F)c1cccs1)c1ccccn1. The van der Waals surface area contributed by atoms with Crippen LogP contribution in [0, 0.1) is 5.82 Å². The molecule has 0 amide bonds. The Bertz CT molecular complexity index is 855. The number of aliphatic imine (C=N–C) groups is 1. The largest absolute Gasteiger partial charge is 0.397 e. The summed E-state index contributed by atoms with van der Waals surface area (Å²) in [4.78, 5) is 9.78. The molecule has 2 heterocycles. The molecule has 0 saturated heterocycles. The zero-order valence-electron chi connectivity index (χ0n) is 12.9. The second-order valence-corrected chi connectivity index (χ2v) is 6.03. The van der Waals surface area contributed by atoms with E-state index < -0.39 is 0 Å². The van der Waals surface area contributed by atoms with Gasteiger partial charge in [-0.3, -0.25) is 9.98 Å². The van der Waals surface area contributed by atoms with Gasteiger partial charge in [0.05, 0.1) is 28.5 Å². The quantitative estimate of drug-likeness (QED) is 0.707. The number of hydrogen-bond acceptors (Lipinski definition) is 4. The number of allylic oxidation sites excluding steroid dienone is 1. The molecule has 5 heteroatoms. The minimum Gasteiger partial charge on any atom is -0.397 e. The van der Waals surface area contributed by atoms with Gasteiger partial charge in [0.15, 0.2) is 0 Å². The molecule has 0 fully saturated rings. The second kappa shape index (κ2) is 7.66. The number of thiophene rings is 1. The lowest BCUT2D eigenvalue weighted by molar-refractivity contribution is 0.611. The summed E-state index contributed by atoms with van der Waals surface area (Å²) in [5, 5.41) is 1.97. The molecule has 0 unspecified atom stereocenters. The molecule has 24 heavy (non-hydrogen) atoms. The predicted octanol–water partition coefficient (Wildman–Crippen LogP) is 4.27. The first-order chi connectivity index (χ1) is 11.7. The lowest BCUT2D eigenvalue weighted by atomic mass is 10.2. The van der Waals surface area contributed by atoms with Crippen LogP contribution < -0.4 is 5.73 Å². The van der Waals surface area contributed by atoms with Crippen molar-refractivity contribution in [3.8, 4) is 0 Å². The van der Waals surface area contributed by atoms with Gasteiger partial charge in [-0.1, -0.05) is 30.3 Å². The van der Waals surface area contributed by atoms with Gasteiger partial charge in [0.25, 0.3) is 0 Å². The molecule has 0 spiro atoms. The van der Waals surface area contributed by atoms with E-state index in [1.54, 1.807) is 41.8 Å².